The highest BCUT2D eigenvalue weighted by Gasteiger charge is 2.38. The third-order valence-electron chi connectivity index (χ3n) is 5.54. The van der Waals surface area contributed by atoms with Crippen molar-refractivity contribution in [2.45, 2.75) is 39.2 Å². The molecule has 0 fully saturated rings. The lowest BCUT2D eigenvalue weighted by Gasteiger charge is -2.29. The number of amides is 1. The van der Waals surface area contributed by atoms with Crippen LogP contribution in [0.1, 0.15) is 49.3 Å². The molecular formula is C25H26FN3O4. The number of hydrogen-bond acceptors (Lipinski definition) is 5. The van der Waals surface area contributed by atoms with Gasteiger partial charge in [0, 0.05) is 35.4 Å². The summed E-state index contributed by atoms with van der Waals surface area (Å²) in [5.41, 5.74) is 2.68. The lowest BCUT2D eigenvalue weighted by Crippen LogP contribution is -2.37. The molecule has 4 rings (SSSR count). The van der Waals surface area contributed by atoms with E-state index < -0.39 is 17.2 Å². The first kappa shape index (κ1) is 22.5. The SMILES string of the molecule is COc1ccc2[nH]c3c(c2n1)C(C)(C)CN(C(=O)c1ccc(F)cc1)C=C3C(=O)OC(C)C. The summed E-state index contributed by atoms with van der Waals surface area (Å²) in [6.07, 6.45) is 1.17. The van der Waals surface area contributed by atoms with Crippen molar-refractivity contribution >= 4 is 28.5 Å². The summed E-state index contributed by atoms with van der Waals surface area (Å²) < 4.78 is 24.2. The van der Waals surface area contributed by atoms with Gasteiger partial charge in [-0.15, -0.1) is 0 Å². The van der Waals surface area contributed by atoms with E-state index in [1.165, 1.54) is 35.4 Å². The average molecular weight is 451 g/mol. The molecule has 1 aliphatic heterocycles. The fraction of sp³-hybridized carbons (Fsp3) is 0.320. The largest absolute Gasteiger partial charge is 0.481 e. The Morgan fingerprint density at radius 3 is 2.48 bits per heavy atom. The average Bonchev–Trinajstić information content (AvgIpc) is 3.09. The number of ether oxygens (including phenoxy) is 2. The molecule has 2 aromatic heterocycles. The molecule has 1 aromatic carbocycles. The van der Waals surface area contributed by atoms with Crippen LogP contribution in [-0.4, -0.2) is 46.5 Å². The maximum Gasteiger partial charge on any atom is 0.342 e. The van der Waals surface area contributed by atoms with Gasteiger partial charge in [-0.3, -0.25) is 4.79 Å². The van der Waals surface area contributed by atoms with Crippen molar-refractivity contribution in [3.63, 3.8) is 0 Å². The zero-order valence-electron chi connectivity index (χ0n) is 19.2. The number of nitrogens with zero attached hydrogens (tertiary/aromatic N) is 2. The molecule has 0 atom stereocenters. The molecule has 1 amide bonds. The number of pyridine rings is 1. The van der Waals surface area contributed by atoms with Crippen LogP contribution in [-0.2, 0) is 14.9 Å². The molecule has 0 saturated carbocycles. The maximum atomic E-state index is 13.4. The highest BCUT2D eigenvalue weighted by atomic mass is 19.1. The van der Waals surface area contributed by atoms with E-state index in [1.54, 1.807) is 27.0 Å². The Bertz CT molecular complexity index is 1260. The number of rotatable bonds is 4. The summed E-state index contributed by atoms with van der Waals surface area (Å²) in [5.74, 6) is -0.892. The molecule has 0 saturated heterocycles. The number of aromatic amines is 1. The third-order valence-corrected chi connectivity index (χ3v) is 5.54. The van der Waals surface area contributed by atoms with Crippen LogP contribution < -0.4 is 4.74 Å². The minimum absolute atomic E-state index is 0.219. The Balaban J connectivity index is 1.91. The van der Waals surface area contributed by atoms with Crippen LogP contribution in [0.3, 0.4) is 0 Å². The topological polar surface area (TPSA) is 84.5 Å². The van der Waals surface area contributed by atoms with E-state index in [1.807, 2.05) is 19.9 Å². The molecule has 7 nitrogen and oxygen atoms in total. The summed E-state index contributed by atoms with van der Waals surface area (Å²) >= 11 is 0. The van der Waals surface area contributed by atoms with Gasteiger partial charge in [0.15, 0.2) is 0 Å². The molecule has 0 radical (unpaired) electrons. The Morgan fingerprint density at radius 2 is 1.85 bits per heavy atom. The van der Waals surface area contributed by atoms with Crippen molar-refractivity contribution in [2.24, 2.45) is 0 Å². The van der Waals surface area contributed by atoms with Crippen LogP contribution in [0.4, 0.5) is 4.39 Å². The number of halogens is 1. The predicted octanol–water partition coefficient (Wildman–Crippen LogP) is 4.44. The first-order valence-corrected chi connectivity index (χ1v) is 10.7. The summed E-state index contributed by atoms with van der Waals surface area (Å²) in [7, 11) is 1.54. The predicted molar refractivity (Wildman–Crippen MR) is 122 cm³/mol. The van der Waals surface area contributed by atoms with Crippen LogP contribution in [0.5, 0.6) is 5.88 Å². The van der Waals surface area contributed by atoms with Crippen molar-refractivity contribution in [1.82, 2.24) is 14.9 Å². The first-order chi connectivity index (χ1) is 15.6. The van der Waals surface area contributed by atoms with E-state index in [0.717, 1.165) is 11.1 Å². The molecule has 1 aliphatic rings. The van der Waals surface area contributed by atoms with Crippen LogP contribution in [0.2, 0.25) is 0 Å². The van der Waals surface area contributed by atoms with E-state index >= 15 is 0 Å². The van der Waals surface area contributed by atoms with Gasteiger partial charge in [-0.1, -0.05) is 13.8 Å². The summed E-state index contributed by atoms with van der Waals surface area (Å²) in [6.45, 7) is 7.75. The Hall–Kier alpha value is -3.68. The van der Waals surface area contributed by atoms with Gasteiger partial charge in [0.1, 0.15) is 5.82 Å². The van der Waals surface area contributed by atoms with Gasteiger partial charge in [0.25, 0.3) is 5.91 Å². The van der Waals surface area contributed by atoms with E-state index in [0.29, 0.717) is 22.7 Å². The van der Waals surface area contributed by atoms with Crippen LogP contribution >= 0.6 is 0 Å². The van der Waals surface area contributed by atoms with Crippen LogP contribution in [0.25, 0.3) is 16.6 Å². The van der Waals surface area contributed by atoms with Gasteiger partial charge in [-0.25, -0.2) is 14.2 Å². The van der Waals surface area contributed by atoms with E-state index in [2.05, 4.69) is 9.97 Å². The zero-order valence-corrected chi connectivity index (χ0v) is 19.2. The standard InChI is InChI=1S/C25H26FN3O4/c1-14(2)33-24(31)17-12-29(23(30)15-6-8-16(26)9-7-15)13-25(3,4)20-21(17)27-18-10-11-19(32-5)28-22(18)20/h6-12,14,27H,13H2,1-5H3. The number of hydrogen-bond donors (Lipinski definition) is 1. The second-order valence-corrected chi connectivity index (χ2v) is 8.95. The quantitative estimate of drug-likeness (QED) is 0.593. The maximum absolute atomic E-state index is 13.4. The summed E-state index contributed by atoms with van der Waals surface area (Å²) in [5, 5.41) is 0. The lowest BCUT2D eigenvalue weighted by atomic mass is 9.83. The first-order valence-electron chi connectivity index (χ1n) is 10.7. The Morgan fingerprint density at radius 1 is 1.15 bits per heavy atom. The van der Waals surface area contributed by atoms with Crippen molar-refractivity contribution < 1.29 is 23.5 Å². The Labute approximate surface area is 191 Å². The van der Waals surface area contributed by atoms with E-state index in [-0.39, 0.29) is 24.1 Å². The van der Waals surface area contributed by atoms with Gasteiger partial charge in [-0.05, 0) is 44.2 Å². The molecule has 0 aliphatic carbocycles. The number of carbonyl (C=O) groups excluding carboxylic acids is 2. The molecule has 8 heteroatoms. The minimum atomic E-state index is -0.598. The highest BCUT2D eigenvalue weighted by molar-refractivity contribution is 6.18. The van der Waals surface area contributed by atoms with Crippen LogP contribution in [0.15, 0.2) is 42.6 Å². The molecule has 0 unspecified atom stereocenters. The smallest absolute Gasteiger partial charge is 0.342 e. The van der Waals surface area contributed by atoms with E-state index in [9.17, 15) is 14.0 Å². The van der Waals surface area contributed by atoms with Crippen LogP contribution in [0, 0.1) is 5.82 Å². The highest BCUT2D eigenvalue weighted by Crippen LogP contribution is 2.40. The van der Waals surface area contributed by atoms with Crippen molar-refractivity contribution in [3.8, 4) is 5.88 Å². The van der Waals surface area contributed by atoms with Gasteiger partial charge in [-0.2, -0.15) is 0 Å². The molecule has 33 heavy (non-hydrogen) atoms. The molecular weight excluding hydrogens is 425 g/mol. The second-order valence-electron chi connectivity index (χ2n) is 8.95. The Kier molecular flexibility index (Phi) is 5.69. The van der Waals surface area contributed by atoms with E-state index in [4.69, 9.17) is 9.47 Å². The van der Waals surface area contributed by atoms with Gasteiger partial charge in [0.2, 0.25) is 5.88 Å². The monoisotopic (exact) mass is 451 g/mol. The number of esters is 1. The molecule has 1 N–H and O–H groups in total. The van der Waals surface area contributed by atoms with Crippen molar-refractivity contribution in [3.05, 3.63) is 65.2 Å². The third kappa shape index (κ3) is 4.20. The fourth-order valence-electron chi connectivity index (χ4n) is 4.11. The number of methoxy groups -OCH3 is 1. The normalized spacial score (nSPS) is 15.1. The lowest BCUT2D eigenvalue weighted by molar-refractivity contribution is -0.140. The number of carbonyl (C=O) groups is 2. The van der Waals surface area contributed by atoms with Gasteiger partial charge < -0.3 is 19.4 Å². The number of benzene rings is 1. The van der Waals surface area contributed by atoms with Gasteiger partial charge in [0.05, 0.1) is 35.5 Å². The molecule has 3 aromatic rings. The summed E-state index contributed by atoms with van der Waals surface area (Å²) in [4.78, 5) is 35.9. The zero-order chi connectivity index (χ0) is 23.9. The second kappa shape index (κ2) is 8.35. The molecule has 0 bridgehead atoms. The van der Waals surface area contributed by atoms with Crippen molar-refractivity contribution in [1.29, 1.82) is 0 Å². The van der Waals surface area contributed by atoms with Crippen molar-refractivity contribution in [2.75, 3.05) is 13.7 Å². The summed E-state index contributed by atoms with van der Waals surface area (Å²) in [6, 6.07) is 8.91. The minimum Gasteiger partial charge on any atom is -0.481 e. The number of nitrogens with one attached hydrogen (secondary N) is 1. The van der Waals surface area contributed by atoms with Gasteiger partial charge >= 0.3 is 5.97 Å². The molecule has 3 heterocycles. The number of H-pyrrole nitrogens is 1. The number of aromatic nitrogens is 2. The fourth-order valence-corrected chi connectivity index (χ4v) is 4.11. The molecule has 172 valence electrons. The number of fused-ring (bicyclic) bond motifs is 3. The molecule has 0 spiro atoms.